The molecule has 0 spiro atoms. The molecule has 2 saturated heterocycles. The van der Waals surface area contributed by atoms with Gasteiger partial charge in [0.05, 0.1) is 18.8 Å². The number of aliphatic hydroxyl groups excluding tert-OH is 3. The highest BCUT2D eigenvalue weighted by atomic mass is 16.5. The van der Waals surface area contributed by atoms with Gasteiger partial charge >= 0.3 is 0 Å². The number of aliphatic hydroxyl groups is 3. The van der Waals surface area contributed by atoms with Crippen LogP contribution in [0.15, 0.2) is 0 Å². The SMILES string of the molecule is OCC1(CN2CC(O)C(O)C2)CCOCC1. The second-order valence-electron chi connectivity index (χ2n) is 5.10. The van der Waals surface area contributed by atoms with Gasteiger partial charge < -0.3 is 20.1 Å². The molecule has 3 N–H and O–H groups in total. The summed E-state index contributed by atoms with van der Waals surface area (Å²) in [6.07, 6.45) is 0.421. The maximum Gasteiger partial charge on any atom is 0.0938 e. The fourth-order valence-electron chi connectivity index (χ4n) is 2.62. The fourth-order valence-corrected chi connectivity index (χ4v) is 2.62. The molecule has 0 aromatic rings. The molecule has 0 aliphatic carbocycles. The Morgan fingerprint density at radius 3 is 2.19 bits per heavy atom. The Hall–Kier alpha value is -0.200. The number of β-amino-alcohol motifs (C(OH)–C–C–N with tert-alkyl or cyclic N) is 2. The third-order valence-corrected chi connectivity index (χ3v) is 3.78. The van der Waals surface area contributed by atoms with Crippen molar-refractivity contribution in [3.8, 4) is 0 Å². The standard InChI is InChI=1S/C11H21NO4/c13-8-11(1-3-16-4-2-11)7-12-5-9(14)10(15)6-12/h9-10,13-15H,1-8H2. The number of ether oxygens (including phenoxy) is 1. The van der Waals surface area contributed by atoms with Crippen LogP contribution in [-0.4, -0.2) is 71.9 Å². The van der Waals surface area contributed by atoms with E-state index in [9.17, 15) is 15.3 Å². The topological polar surface area (TPSA) is 73.2 Å². The largest absolute Gasteiger partial charge is 0.396 e. The van der Waals surface area contributed by atoms with Crippen LogP contribution in [0.25, 0.3) is 0 Å². The lowest BCUT2D eigenvalue weighted by Crippen LogP contribution is -2.43. The van der Waals surface area contributed by atoms with Crippen LogP contribution in [0.5, 0.6) is 0 Å². The zero-order valence-electron chi connectivity index (χ0n) is 9.51. The van der Waals surface area contributed by atoms with Gasteiger partial charge in [0.1, 0.15) is 0 Å². The van der Waals surface area contributed by atoms with Gasteiger partial charge in [0.15, 0.2) is 0 Å². The zero-order valence-corrected chi connectivity index (χ0v) is 9.51. The molecule has 2 fully saturated rings. The first-order valence-corrected chi connectivity index (χ1v) is 5.92. The Kier molecular flexibility index (Phi) is 3.81. The van der Waals surface area contributed by atoms with Gasteiger partial charge in [-0.15, -0.1) is 0 Å². The third-order valence-electron chi connectivity index (χ3n) is 3.78. The van der Waals surface area contributed by atoms with Crippen molar-refractivity contribution < 1.29 is 20.1 Å². The first kappa shape index (κ1) is 12.3. The van der Waals surface area contributed by atoms with Gasteiger partial charge in [0.25, 0.3) is 0 Å². The predicted molar refractivity (Wildman–Crippen MR) is 58.0 cm³/mol. The van der Waals surface area contributed by atoms with Crippen LogP contribution in [-0.2, 0) is 4.74 Å². The van der Waals surface area contributed by atoms with Crippen LogP contribution in [0.4, 0.5) is 0 Å². The number of hydrogen-bond acceptors (Lipinski definition) is 5. The molecule has 0 bridgehead atoms. The van der Waals surface area contributed by atoms with Crippen molar-refractivity contribution in [3.05, 3.63) is 0 Å². The molecule has 2 aliphatic heterocycles. The van der Waals surface area contributed by atoms with Gasteiger partial charge in [0, 0.05) is 38.3 Å². The highest BCUT2D eigenvalue weighted by molar-refractivity contribution is 4.90. The fraction of sp³-hybridized carbons (Fsp3) is 1.00. The van der Waals surface area contributed by atoms with Crippen LogP contribution < -0.4 is 0 Å². The van der Waals surface area contributed by atoms with E-state index in [0.29, 0.717) is 26.3 Å². The normalized spacial score (nSPS) is 35.4. The van der Waals surface area contributed by atoms with Gasteiger partial charge in [-0.05, 0) is 12.8 Å². The van der Waals surface area contributed by atoms with E-state index in [1.807, 2.05) is 4.90 Å². The molecule has 0 saturated carbocycles. The molecule has 2 aliphatic rings. The van der Waals surface area contributed by atoms with Crippen molar-refractivity contribution in [1.29, 1.82) is 0 Å². The summed E-state index contributed by atoms with van der Waals surface area (Å²) in [5, 5.41) is 28.5. The molecule has 2 rings (SSSR count). The number of nitrogens with zero attached hydrogens (tertiary/aromatic N) is 1. The van der Waals surface area contributed by atoms with Crippen molar-refractivity contribution in [2.45, 2.75) is 25.0 Å². The Balaban J connectivity index is 1.91. The van der Waals surface area contributed by atoms with Gasteiger partial charge in [-0.3, -0.25) is 4.90 Å². The second kappa shape index (κ2) is 4.98. The minimum Gasteiger partial charge on any atom is -0.396 e. The van der Waals surface area contributed by atoms with Crippen molar-refractivity contribution in [3.63, 3.8) is 0 Å². The summed E-state index contributed by atoms with van der Waals surface area (Å²) in [6.45, 7) is 3.28. The van der Waals surface area contributed by atoms with Gasteiger partial charge in [-0.1, -0.05) is 0 Å². The smallest absolute Gasteiger partial charge is 0.0938 e. The molecule has 5 heteroatoms. The molecule has 0 amide bonds. The summed E-state index contributed by atoms with van der Waals surface area (Å²) in [5.74, 6) is 0. The monoisotopic (exact) mass is 231 g/mol. The molecule has 0 radical (unpaired) electrons. The lowest BCUT2D eigenvalue weighted by molar-refractivity contribution is -0.0327. The predicted octanol–water partition coefficient (Wildman–Crippen LogP) is -1.19. The molecular weight excluding hydrogens is 210 g/mol. The first-order chi connectivity index (χ1) is 7.65. The van der Waals surface area contributed by atoms with Crippen LogP contribution in [0.3, 0.4) is 0 Å². The van der Waals surface area contributed by atoms with E-state index in [1.54, 1.807) is 0 Å². The van der Waals surface area contributed by atoms with Crippen LogP contribution in [0.2, 0.25) is 0 Å². The van der Waals surface area contributed by atoms with E-state index in [0.717, 1.165) is 19.4 Å². The van der Waals surface area contributed by atoms with Crippen LogP contribution >= 0.6 is 0 Å². The summed E-state index contributed by atoms with van der Waals surface area (Å²) in [7, 11) is 0. The lowest BCUT2D eigenvalue weighted by atomic mass is 9.80. The Bertz CT molecular complexity index is 220. The number of hydrogen-bond donors (Lipinski definition) is 3. The average Bonchev–Trinajstić information content (AvgIpc) is 2.59. The minimum atomic E-state index is -0.643. The molecule has 0 aromatic carbocycles. The number of rotatable bonds is 3. The molecule has 2 unspecified atom stereocenters. The highest BCUT2D eigenvalue weighted by Gasteiger charge is 2.38. The molecule has 16 heavy (non-hydrogen) atoms. The molecule has 5 nitrogen and oxygen atoms in total. The average molecular weight is 231 g/mol. The van der Waals surface area contributed by atoms with Gasteiger partial charge in [-0.25, -0.2) is 0 Å². The van der Waals surface area contributed by atoms with E-state index in [1.165, 1.54) is 0 Å². The Morgan fingerprint density at radius 1 is 1.12 bits per heavy atom. The van der Waals surface area contributed by atoms with E-state index >= 15 is 0 Å². The number of likely N-dealkylation sites (tertiary alicyclic amines) is 1. The Labute approximate surface area is 95.6 Å². The third kappa shape index (κ3) is 2.55. The summed E-state index contributed by atoms with van der Waals surface area (Å²) in [4.78, 5) is 2.04. The van der Waals surface area contributed by atoms with E-state index in [-0.39, 0.29) is 12.0 Å². The molecular formula is C11H21NO4. The van der Waals surface area contributed by atoms with Crippen molar-refractivity contribution in [2.24, 2.45) is 5.41 Å². The van der Waals surface area contributed by atoms with E-state index in [2.05, 4.69) is 0 Å². The molecule has 94 valence electrons. The lowest BCUT2D eigenvalue weighted by Gasteiger charge is -2.38. The molecule has 0 aromatic heterocycles. The maximum atomic E-state index is 9.53. The van der Waals surface area contributed by atoms with E-state index < -0.39 is 12.2 Å². The van der Waals surface area contributed by atoms with Gasteiger partial charge in [-0.2, -0.15) is 0 Å². The quantitative estimate of drug-likeness (QED) is 0.570. The first-order valence-electron chi connectivity index (χ1n) is 5.92. The highest BCUT2D eigenvalue weighted by Crippen LogP contribution is 2.32. The summed E-state index contributed by atoms with van der Waals surface area (Å²) in [5.41, 5.74) is -0.109. The van der Waals surface area contributed by atoms with Gasteiger partial charge in [0.2, 0.25) is 0 Å². The summed E-state index contributed by atoms with van der Waals surface area (Å²) >= 11 is 0. The van der Waals surface area contributed by atoms with Crippen LogP contribution in [0, 0.1) is 5.41 Å². The molecule has 2 atom stereocenters. The second-order valence-corrected chi connectivity index (χ2v) is 5.10. The van der Waals surface area contributed by atoms with E-state index in [4.69, 9.17) is 4.74 Å². The summed E-state index contributed by atoms with van der Waals surface area (Å²) in [6, 6.07) is 0. The molecule has 2 heterocycles. The summed E-state index contributed by atoms with van der Waals surface area (Å²) < 4.78 is 5.30. The van der Waals surface area contributed by atoms with Crippen LogP contribution in [0.1, 0.15) is 12.8 Å². The zero-order chi connectivity index (χ0) is 11.6. The van der Waals surface area contributed by atoms with Crippen molar-refractivity contribution in [2.75, 3.05) is 39.5 Å². The van der Waals surface area contributed by atoms with Crippen molar-refractivity contribution >= 4 is 0 Å². The maximum absolute atomic E-state index is 9.53. The Morgan fingerprint density at radius 2 is 1.69 bits per heavy atom. The van der Waals surface area contributed by atoms with Crippen molar-refractivity contribution in [1.82, 2.24) is 4.90 Å². The minimum absolute atomic E-state index is 0.109.